The summed E-state index contributed by atoms with van der Waals surface area (Å²) in [6, 6.07) is 5.18. The van der Waals surface area contributed by atoms with E-state index in [1.165, 1.54) is 0 Å². The van der Waals surface area contributed by atoms with Gasteiger partial charge in [0.15, 0.2) is 6.10 Å². The first-order valence-electron chi connectivity index (χ1n) is 4.13. The highest BCUT2D eigenvalue weighted by atomic mass is 35.5. The Morgan fingerprint density at radius 3 is 2.64 bits per heavy atom. The van der Waals surface area contributed by atoms with Crippen LogP contribution in [0.5, 0.6) is 5.75 Å². The first kappa shape index (κ1) is 11.3. The van der Waals surface area contributed by atoms with Gasteiger partial charge in [-0.25, -0.2) is 0 Å². The Morgan fingerprint density at radius 1 is 1.50 bits per heavy atom. The van der Waals surface area contributed by atoms with E-state index >= 15 is 0 Å². The summed E-state index contributed by atoms with van der Waals surface area (Å²) in [5.41, 5.74) is 0.901. The molecule has 1 aromatic rings. The molecule has 1 aromatic carbocycles. The topological polar surface area (TPSA) is 26.3 Å². The molecule has 2 nitrogen and oxygen atoms in total. The molecule has 0 aliphatic heterocycles. The van der Waals surface area contributed by atoms with Crippen LogP contribution in [0.15, 0.2) is 18.2 Å². The number of ether oxygens (including phenoxy) is 1. The maximum atomic E-state index is 10.7. The van der Waals surface area contributed by atoms with Gasteiger partial charge in [-0.05, 0) is 49.2 Å². The molecular weight excluding hydrogens is 223 g/mol. The van der Waals surface area contributed by atoms with E-state index in [2.05, 4.69) is 0 Å². The number of benzene rings is 1. The number of rotatable bonds is 3. The third-order valence-corrected chi connectivity index (χ3v) is 2.49. The summed E-state index contributed by atoms with van der Waals surface area (Å²) < 4.78 is 5.27. The van der Waals surface area contributed by atoms with E-state index < -0.39 is 11.3 Å². The van der Waals surface area contributed by atoms with E-state index in [0.29, 0.717) is 10.8 Å². The fourth-order valence-electron chi connectivity index (χ4n) is 0.941. The molecule has 76 valence electrons. The molecule has 0 saturated carbocycles. The van der Waals surface area contributed by atoms with E-state index in [9.17, 15) is 4.79 Å². The summed E-state index contributed by atoms with van der Waals surface area (Å²) in [6.45, 7) is 3.46. The van der Waals surface area contributed by atoms with E-state index in [1.54, 1.807) is 25.1 Å². The van der Waals surface area contributed by atoms with Gasteiger partial charge in [0.05, 0.1) is 0 Å². The molecule has 0 saturated heterocycles. The standard InChI is InChI=1S/C10H10Cl2O2/c1-6-5-8(3-4-9(6)11)14-7(2)10(12)13/h3-5,7H,1-2H3/t7-/m1/s1. The van der Waals surface area contributed by atoms with Crippen LogP contribution in [0, 0.1) is 6.92 Å². The molecule has 4 heteroatoms. The van der Waals surface area contributed by atoms with E-state index in [4.69, 9.17) is 27.9 Å². The van der Waals surface area contributed by atoms with Gasteiger partial charge in [0.1, 0.15) is 5.75 Å². The minimum Gasteiger partial charge on any atom is -0.482 e. The molecule has 1 rings (SSSR count). The van der Waals surface area contributed by atoms with Crippen molar-refractivity contribution in [2.75, 3.05) is 0 Å². The second-order valence-corrected chi connectivity index (χ2v) is 3.75. The second-order valence-electron chi connectivity index (χ2n) is 2.98. The van der Waals surface area contributed by atoms with Gasteiger partial charge >= 0.3 is 0 Å². The number of aryl methyl sites for hydroxylation is 1. The molecule has 0 N–H and O–H groups in total. The zero-order chi connectivity index (χ0) is 10.7. The normalized spacial score (nSPS) is 12.3. The van der Waals surface area contributed by atoms with Crippen molar-refractivity contribution in [3.05, 3.63) is 28.8 Å². The lowest BCUT2D eigenvalue weighted by Crippen LogP contribution is -2.18. The van der Waals surface area contributed by atoms with Gasteiger partial charge in [0, 0.05) is 5.02 Å². The van der Waals surface area contributed by atoms with Gasteiger partial charge in [0.25, 0.3) is 5.24 Å². The van der Waals surface area contributed by atoms with E-state index in [-0.39, 0.29) is 0 Å². The lowest BCUT2D eigenvalue weighted by atomic mass is 10.2. The van der Waals surface area contributed by atoms with Gasteiger partial charge in [-0.1, -0.05) is 11.6 Å². The molecule has 0 spiro atoms. The van der Waals surface area contributed by atoms with Crippen LogP contribution in [0.4, 0.5) is 0 Å². The summed E-state index contributed by atoms with van der Waals surface area (Å²) >= 11 is 11.1. The maximum Gasteiger partial charge on any atom is 0.262 e. The number of hydrogen-bond acceptors (Lipinski definition) is 2. The van der Waals surface area contributed by atoms with Crippen molar-refractivity contribution in [1.82, 2.24) is 0 Å². The zero-order valence-electron chi connectivity index (χ0n) is 7.88. The fraction of sp³-hybridized carbons (Fsp3) is 0.300. The monoisotopic (exact) mass is 232 g/mol. The Bertz CT molecular complexity index is 350. The van der Waals surface area contributed by atoms with Crippen LogP contribution in [0.3, 0.4) is 0 Å². The highest BCUT2D eigenvalue weighted by molar-refractivity contribution is 6.64. The molecular formula is C10H10Cl2O2. The molecule has 0 radical (unpaired) electrons. The van der Waals surface area contributed by atoms with Crippen LogP contribution in [0.1, 0.15) is 12.5 Å². The molecule has 0 fully saturated rings. The molecule has 0 unspecified atom stereocenters. The van der Waals surface area contributed by atoms with Crippen molar-refractivity contribution in [2.45, 2.75) is 20.0 Å². The predicted octanol–water partition coefficient (Wildman–Crippen LogP) is 3.18. The van der Waals surface area contributed by atoms with Gasteiger partial charge in [-0.3, -0.25) is 4.79 Å². The van der Waals surface area contributed by atoms with Crippen molar-refractivity contribution >= 4 is 28.4 Å². The average Bonchev–Trinajstić information content (AvgIpc) is 2.11. The maximum absolute atomic E-state index is 10.7. The average molecular weight is 233 g/mol. The first-order chi connectivity index (χ1) is 6.50. The van der Waals surface area contributed by atoms with Crippen LogP contribution < -0.4 is 4.74 Å². The molecule has 14 heavy (non-hydrogen) atoms. The van der Waals surface area contributed by atoms with E-state index in [1.807, 2.05) is 6.92 Å². The highest BCUT2D eigenvalue weighted by Gasteiger charge is 2.11. The Morgan fingerprint density at radius 2 is 2.14 bits per heavy atom. The summed E-state index contributed by atoms with van der Waals surface area (Å²) in [7, 11) is 0. The van der Waals surface area contributed by atoms with Crippen molar-refractivity contribution in [2.24, 2.45) is 0 Å². The molecule has 0 aliphatic rings. The van der Waals surface area contributed by atoms with Crippen LogP contribution in [0.25, 0.3) is 0 Å². The summed E-state index contributed by atoms with van der Waals surface area (Å²) in [6.07, 6.45) is -0.641. The number of hydrogen-bond donors (Lipinski definition) is 0. The molecule has 0 bridgehead atoms. The number of carbonyl (C=O) groups is 1. The summed E-state index contributed by atoms with van der Waals surface area (Å²) in [4.78, 5) is 10.7. The third-order valence-electron chi connectivity index (χ3n) is 1.76. The highest BCUT2D eigenvalue weighted by Crippen LogP contribution is 2.22. The molecule has 0 amide bonds. The minimum atomic E-state index is -0.641. The quantitative estimate of drug-likeness (QED) is 0.749. The third kappa shape index (κ3) is 2.89. The summed E-state index contributed by atoms with van der Waals surface area (Å²) in [5.74, 6) is 0.591. The smallest absolute Gasteiger partial charge is 0.262 e. The van der Waals surface area contributed by atoms with Crippen LogP contribution >= 0.6 is 23.2 Å². The van der Waals surface area contributed by atoms with Crippen LogP contribution in [0.2, 0.25) is 5.02 Å². The van der Waals surface area contributed by atoms with Crippen LogP contribution in [-0.4, -0.2) is 11.3 Å². The number of carbonyl (C=O) groups excluding carboxylic acids is 1. The largest absolute Gasteiger partial charge is 0.482 e. The Hall–Kier alpha value is -0.730. The molecule has 0 aromatic heterocycles. The SMILES string of the molecule is Cc1cc(O[C@H](C)C(=O)Cl)ccc1Cl. The first-order valence-corrected chi connectivity index (χ1v) is 4.88. The second kappa shape index (κ2) is 4.67. The lowest BCUT2D eigenvalue weighted by Gasteiger charge is -2.11. The van der Waals surface area contributed by atoms with Crippen molar-refractivity contribution in [1.29, 1.82) is 0 Å². The van der Waals surface area contributed by atoms with Gasteiger partial charge in [-0.15, -0.1) is 0 Å². The molecule has 0 aliphatic carbocycles. The zero-order valence-corrected chi connectivity index (χ0v) is 9.39. The summed E-state index contributed by atoms with van der Waals surface area (Å²) in [5, 5.41) is 0.153. The van der Waals surface area contributed by atoms with Gasteiger partial charge < -0.3 is 4.74 Å². The van der Waals surface area contributed by atoms with Gasteiger partial charge in [-0.2, -0.15) is 0 Å². The van der Waals surface area contributed by atoms with Crippen molar-refractivity contribution < 1.29 is 9.53 Å². The van der Waals surface area contributed by atoms with Crippen LogP contribution in [-0.2, 0) is 4.79 Å². The van der Waals surface area contributed by atoms with Crippen molar-refractivity contribution in [3.63, 3.8) is 0 Å². The Balaban J connectivity index is 2.78. The van der Waals surface area contributed by atoms with Crippen molar-refractivity contribution in [3.8, 4) is 5.75 Å². The number of halogens is 2. The lowest BCUT2D eigenvalue weighted by molar-refractivity contribution is -0.117. The predicted molar refractivity (Wildman–Crippen MR) is 57.1 cm³/mol. The van der Waals surface area contributed by atoms with E-state index in [0.717, 1.165) is 5.56 Å². The minimum absolute atomic E-state index is 0.516. The van der Waals surface area contributed by atoms with Gasteiger partial charge in [0.2, 0.25) is 0 Å². The molecule has 0 heterocycles. The molecule has 1 atom stereocenters. The Kier molecular flexibility index (Phi) is 3.78. The Labute approximate surface area is 92.8 Å². The fourth-order valence-corrected chi connectivity index (χ4v) is 1.10.